The quantitative estimate of drug-likeness (QED) is 0.534. The molecule has 0 bridgehead atoms. The number of halogens is 1. The van der Waals surface area contributed by atoms with Crippen LogP contribution in [0.3, 0.4) is 0 Å². The molecule has 0 unspecified atom stereocenters. The van der Waals surface area contributed by atoms with E-state index in [0.717, 1.165) is 3.57 Å². The molecule has 0 fully saturated rings. The monoisotopic (exact) mass is 442 g/mol. The Balaban J connectivity index is 2.20. The van der Waals surface area contributed by atoms with Gasteiger partial charge >= 0.3 is 0 Å². The maximum Gasteiger partial charge on any atom is 0.255 e. The van der Waals surface area contributed by atoms with Crippen molar-refractivity contribution in [1.29, 1.82) is 0 Å². The number of hydrogen-bond donors (Lipinski definition) is 2. The van der Waals surface area contributed by atoms with Crippen molar-refractivity contribution in [3.8, 4) is 0 Å². The van der Waals surface area contributed by atoms with Crippen molar-refractivity contribution in [3.63, 3.8) is 0 Å². The van der Waals surface area contributed by atoms with Gasteiger partial charge in [-0.3, -0.25) is 4.79 Å². The van der Waals surface area contributed by atoms with Crippen LogP contribution in [-0.2, 0) is 10.0 Å². The summed E-state index contributed by atoms with van der Waals surface area (Å²) in [4.78, 5) is 12.3. The van der Waals surface area contributed by atoms with Gasteiger partial charge in [0, 0.05) is 21.4 Å². The number of sulfonamides is 1. The topological polar surface area (TPSA) is 75.3 Å². The first-order valence-electron chi connectivity index (χ1n) is 6.70. The molecule has 0 saturated carbocycles. The molecule has 0 aliphatic heterocycles. The average Bonchev–Trinajstić information content (AvgIpc) is 2.55. The van der Waals surface area contributed by atoms with Crippen molar-refractivity contribution < 1.29 is 13.2 Å². The van der Waals surface area contributed by atoms with Crippen LogP contribution in [0.4, 0.5) is 5.69 Å². The van der Waals surface area contributed by atoms with Gasteiger partial charge in [0.05, 0.1) is 4.90 Å². The second-order valence-corrected chi connectivity index (χ2v) is 7.64. The summed E-state index contributed by atoms with van der Waals surface area (Å²) in [5.41, 5.74) is 0.915. The Labute approximate surface area is 149 Å². The SMILES string of the molecule is C=CCNS(=O)(=O)c1cccc(C(=O)Nc2ccc(I)cc2)c1. The number of amides is 1. The zero-order chi connectivity index (χ0) is 16.9. The van der Waals surface area contributed by atoms with Gasteiger partial charge in [0.15, 0.2) is 0 Å². The van der Waals surface area contributed by atoms with Crippen LogP contribution in [-0.4, -0.2) is 20.9 Å². The van der Waals surface area contributed by atoms with Gasteiger partial charge in [0.2, 0.25) is 10.0 Å². The van der Waals surface area contributed by atoms with Gasteiger partial charge in [0.25, 0.3) is 5.91 Å². The van der Waals surface area contributed by atoms with Gasteiger partial charge < -0.3 is 5.32 Å². The molecule has 7 heteroatoms. The lowest BCUT2D eigenvalue weighted by atomic mass is 10.2. The molecule has 0 spiro atoms. The molecule has 0 radical (unpaired) electrons. The van der Waals surface area contributed by atoms with Crippen LogP contribution >= 0.6 is 22.6 Å². The standard InChI is InChI=1S/C16H15IN2O3S/c1-2-10-18-23(21,22)15-5-3-4-12(11-15)16(20)19-14-8-6-13(17)7-9-14/h2-9,11,18H,1,10H2,(H,19,20). The summed E-state index contributed by atoms with van der Waals surface area (Å²) in [7, 11) is -3.66. The van der Waals surface area contributed by atoms with Gasteiger partial charge in [-0.2, -0.15) is 0 Å². The lowest BCUT2D eigenvalue weighted by molar-refractivity contribution is 0.102. The first-order valence-corrected chi connectivity index (χ1v) is 9.26. The molecule has 2 N–H and O–H groups in total. The van der Waals surface area contributed by atoms with E-state index in [-0.39, 0.29) is 22.9 Å². The largest absolute Gasteiger partial charge is 0.322 e. The Bertz CT molecular complexity index is 817. The van der Waals surface area contributed by atoms with E-state index in [0.29, 0.717) is 5.69 Å². The highest BCUT2D eigenvalue weighted by atomic mass is 127. The van der Waals surface area contributed by atoms with Gasteiger partial charge in [-0.05, 0) is 65.1 Å². The molecule has 0 aliphatic carbocycles. The van der Waals surface area contributed by atoms with Crippen molar-refractivity contribution in [2.45, 2.75) is 4.90 Å². The first kappa shape index (κ1) is 17.6. The zero-order valence-electron chi connectivity index (χ0n) is 12.1. The van der Waals surface area contributed by atoms with E-state index in [1.54, 1.807) is 18.2 Å². The van der Waals surface area contributed by atoms with Crippen molar-refractivity contribution in [2.24, 2.45) is 0 Å². The number of carbonyl (C=O) groups excluding carboxylic acids is 1. The minimum atomic E-state index is -3.66. The fourth-order valence-electron chi connectivity index (χ4n) is 1.79. The first-order chi connectivity index (χ1) is 10.9. The highest BCUT2D eigenvalue weighted by Crippen LogP contribution is 2.15. The predicted molar refractivity (Wildman–Crippen MR) is 98.9 cm³/mol. The molecule has 0 saturated heterocycles. The third-order valence-corrected chi connectivity index (χ3v) is 5.07. The molecule has 23 heavy (non-hydrogen) atoms. The zero-order valence-corrected chi connectivity index (χ0v) is 15.1. The molecule has 0 atom stereocenters. The Morgan fingerprint density at radius 2 is 1.87 bits per heavy atom. The number of hydrogen-bond acceptors (Lipinski definition) is 3. The number of benzene rings is 2. The molecule has 120 valence electrons. The van der Waals surface area contributed by atoms with E-state index in [1.165, 1.54) is 24.3 Å². The van der Waals surface area contributed by atoms with Crippen molar-refractivity contribution >= 4 is 44.2 Å². The Morgan fingerprint density at radius 3 is 2.52 bits per heavy atom. The third-order valence-electron chi connectivity index (χ3n) is 2.93. The second kappa shape index (κ2) is 7.71. The smallest absolute Gasteiger partial charge is 0.255 e. The van der Waals surface area contributed by atoms with Crippen molar-refractivity contribution in [1.82, 2.24) is 4.72 Å². The summed E-state index contributed by atoms with van der Waals surface area (Å²) in [5, 5.41) is 2.73. The van der Waals surface area contributed by atoms with Crippen LogP contribution < -0.4 is 10.0 Å². The Kier molecular flexibility index (Phi) is 5.91. The van der Waals surface area contributed by atoms with Crippen molar-refractivity contribution in [3.05, 3.63) is 70.3 Å². The molecule has 2 rings (SSSR count). The van der Waals surface area contributed by atoms with Gasteiger partial charge in [0.1, 0.15) is 0 Å². The summed E-state index contributed by atoms with van der Waals surface area (Å²) in [6, 6.07) is 13.2. The molecular weight excluding hydrogens is 427 g/mol. The lowest BCUT2D eigenvalue weighted by Crippen LogP contribution is -2.24. The van der Waals surface area contributed by atoms with E-state index in [2.05, 4.69) is 39.2 Å². The maximum absolute atomic E-state index is 12.2. The molecule has 0 aliphatic rings. The van der Waals surface area contributed by atoms with Crippen LogP contribution in [0.2, 0.25) is 0 Å². The highest BCUT2D eigenvalue weighted by molar-refractivity contribution is 14.1. The van der Waals surface area contributed by atoms with E-state index >= 15 is 0 Å². The molecule has 2 aromatic carbocycles. The summed E-state index contributed by atoms with van der Waals surface area (Å²) in [6.45, 7) is 3.59. The predicted octanol–water partition coefficient (Wildman–Crippen LogP) is 3.01. The number of anilines is 1. The Morgan fingerprint density at radius 1 is 1.17 bits per heavy atom. The van der Waals surface area contributed by atoms with E-state index in [9.17, 15) is 13.2 Å². The van der Waals surface area contributed by atoms with Crippen LogP contribution in [0, 0.1) is 3.57 Å². The molecule has 0 aromatic heterocycles. The number of nitrogens with one attached hydrogen (secondary N) is 2. The average molecular weight is 442 g/mol. The summed E-state index contributed by atoms with van der Waals surface area (Å²) in [6.07, 6.45) is 1.45. The van der Waals surface area contributed by atoms with E-state index < -0.39 is 10.0 Å². The van der Waals surface area contributed by atoms with Crippen LogP contribution in [0.1, 0.15) is 10.4 Å². The summed E-state index contributed by atoms with van der Waals surface area (Å²) in [5.74, 6) is -0.369. The minimum Gasteiger partial charge on any atom is -0.322 e. The maximum atomic E-state index is 12.2. The third kappa shape index (κ3) is 4.88. The fraction of sp³-hybridized carbons (Fsp3) is 0.0625. The second-order valence-electron chi connectivity index (χ2n) is 4.63. The minimum absolute atomic E-state index is 0.0367. The molecular formula is C16H15IN2O3S. The molecule has 1 amide bonds. The Hall–Kier alpha value is -1.71. The lowest BCUT2D eigenvalue weighted by Gasteiger charge is -2.08. The number of carbonyl (C=O) groups is 1. The van der Waals surface area contributed by atoms with Gasteiger partial charge in [-0.1, -0.05) is 12.1 Å². The summed E-state index contributed by atoms with van der Waals surface area (Å²) >= 11 is 2.17. The van der Waals surface area contributed by atoms with Gasteiger partial charge in [-0.25, -0.2) is 13.1 Å². The van der Waals surface area contributed by atoms with Crippen molar-refractivity contribution in [2.75, 3.05) is 11.9 Å². The van der Waals surface area contributed by atoms with E-state index in [4.69, 9.17) is 0 Å². The van der Waals surface area contributed by atoms with Crippen LogP contribution in [0.25, 0.3) is 0 Å². The normalized spacial score (nSPS) is 11.0. The van der Waals surface area contributed by atoms with E-state index in [1.807, 2.05) is 12.1 Å². The van der Waals surface area contributed by atoms with Crippen LogP contribution in [0.5, 0.6) is 0 Å². The van der Waals surface area contributed by atoms with Gasteiger partial charge in [-0.15, -0.1) is 6.58 Å². The fourth-order valence-corrected chi connectivity index (χ4v) is 3.20. The molecule has 0 heterocycles. The molecule has 2 aromatic rings. The summed E-state index contributed by atoms with van der Waals surface area (Å²) < 4.78 is 27.6. The molecule has 5 nitrogen and oxygen atoms in total. The number of rotatable bonds is 6. The van der Waals surface area contributed by atoms with Crippen LogP contribution in [0.15, 0.2) is 66.1 Å². The highest BCUT2D eigenvalue weighted by Gasteiger charge is 2.15.